The van der Waals surface area contributed by atoms with Gasteiger partial charge in [-0.15, -0.1) is 0 Å². The van der Waals surface area contributed by atoms with Crippen molar-refractivity contribution in [3.05, 3.63) is 47.0 Å². The number of Topliss-reactive ketones (excluding diaryl/α,β-unsaturated/α-hetero) is 2. The number of benzene rings is 1. The summed E-state index contributed by atoms with van der Waals surface area (Å²) in [6, 6.07) is 6.68. The summed E-state index contributed by atoms with van der Waals surface area (Å²) in [5.74, 6) is -1.43. The number of carbonyl (C=O) groups is 3. The largest absolute Gasteiger partial charge is 0.456 e. The van der Waals surface area contributed by atoms with E-state index in [4.69, 9.17) is 9.47 Å². The van der Waals surface area contributed by atoms with Crippen LogP contribution in [0.2, 0.25) is 0 Å². The molecule has 31 heavy (non-hydrogen) atoms. The molecule has 2 aliphatic carbocycles. The van der Waals surface area contributed by atoms with Crippen molar-refractivity contribution in [2.24, 2.45) is 0 Å². The molecule has 2 unspecified atom stereocenters. The van der Waals surface area contributed by atoms with Crippen LogP contribution >= 0.6 is 0 Å². The van der Waals surface area contributed by atoms with Crippen molar-refractivity contribution in [1.82, 2.24) is 0 Å². The second kappa shape index (κ2) is 8.01. The summed E-state index contributed by atoms with van der Waals surface area (Å²) < 4.78 is 12.1. The second-order valence-electron chi connectivity index (χ2n) is 9.54. The van der Waals surface area contributed by atoms with Gasteiger partial charge in [-0.25, -0.2) is 4.79 Å². The lowest BCUT2D eigenvalue weighted by molar-refractivity contribution is -0.164. The van der Waals surface area contributed by atoms with Crippen molar-refractivity contribution in [1.29, 1.82) is 0 Å². The Labute approximate surface area is 184 Å². The number of allylic oxidation sites excluding steroid dienone is 1. The van der Waals surface area contributed by atoms with Gasteiger partial charge in [0, 0.05) is 17.5 Å². The first kappa shape index (κ1) is 21.9. The van der Waals surface area contributed by atoms with Crippen molar-refractivity contribution in [2.45, 2.75) is 95.4 Å². The van der Waals surface area contributed by atoms with E-state index >= 15 is 0 Å². The Kier molecular flexibility index (Phi) is 5.67. The van der Waals surface area contributed by atoms with E-state index in [1.807, 2.05) is 19.9 Å². The van der Waals surface area contributed by atoms with Crippen LogP contribution in [0, 0.1) is 0 Å². The molecule has 0 bridgehead atoms. The molecule has 3 aliphatic rings. The molecule has 5 heteroatoms. The summed E-state index contributed by atoms with van der Waals surface area (Å²) in [6.45, 7) is 5.98. The van der Waals surface area contributed by atoms with E-state index < -0.39 is 28.6 Å². The minimum Gasteiger partial charge on any atom is -0.456 e. The van der Waals surface area contributed by atoms with Gasteiger partial charge in [0.1, 0.15) is 5.60 Å². The van der Waals surface area contributed by atoms with Crippen LogP contribution in [0.1, 0.15) is 99.3 Å². The first-order valence-electron chi connectivity index (χ1n) is 11.6. The Bertz CT molecular complexity index is 935. The molecule has 0 amide bonds. The van der Waals surface area contributed by atoms with Gasteiger partial charge in [-0.2, -0.15) is 0 Å². The summed E-state index contributed by atoms with van der Waals surface area (Å²) in [5, 5.41) is 0. The highest BCUT2D eigenvalue weighted by molar-refractivity contribution is 6.32. The predicted molar refractivity (Wildman–Crippen MR) is 117 cm³/mol. The minimum atomic E-state index is -1.86. The van der Waals surface area contributed by atoms with Gasteiger partial charge >= 0.3 is 5.97 Å². The fourth-order valence-corrected chi connectivity index (χ4v) is 5.27. The van der Waals surface area contributed by atoms with Crippen molar-refractivity contribution in [2.75, 3.05) is 0 Å². The number of carbonyl (C=O) groups excluding carboxylic acids is 3. The summed E-state index contributed by atoms with van der Waals surface area (Å²) >= 11 is 0. The summed E-state index contributed by atoms with van der Waals surface area (Å²) in [7, 11) is 0. The van der Waals surface area contributed by atoms with E-state index in [9.17, 15) is 14.4 Å². The maximum atomic E-state index is 13.6. The molecule has 5 nitrogen and oxygen atoms in total. The monoisotopic (exact) mass is 424 g/mol. The van der Waals surface area contributed by atoms with Gasteiger partial charge in [0.2, 0.25) is 5.78 Å². The number of unbranched alkanes of at least 4 members (excludes halogenated alkanes) is 2. The predicted octanol–water partition coefficient (Wildman–Crippen LogP) is 5.37. The van der Waals surface area contributed by atoms with Gasteiger partial charge < -0.3 is 9.47 Å². The second-order valence-corrected chi connectivity index (χ2v) is 9.54. The average Bonchev–Trinajstić information content (AvgIpc) is 3.28. The Morgan fingerprint density at radius 3 is 2.32 bits per heavy atom. The third-order valence-electron chi connectivity index (χ3n) is 7.10. The number of esters is 1. The van der Waals surface area contributed by atoms with Crippen LogP contribution in [0.5, 0.6) is 0 Å². The van der Waals surface area contributed by atoms with E-state index in [-0.39, 0.29) is 17.8 Å². The number of ether oxygens (including phenoxy) is 2. The summed E-state index contributed by atoms with van der Waals surface area (Å²) in [4.78, 5) is 40.6. The lowest BCUT2D eigenvalue weighted by atomic mass is 9.72. The summed E-state index contributed by atoms with van der Waals surface area (Å²) in [5.41, 5.74) is -2.32. The zero-order valence-corrected chi connectivity index (χ0v) is 18.8. The Balaban J connectivity index is 1.69. The van der Waals surface area contributed by atoms with Crippen molar-refractivity contribution >= 4 is 17.5 Å². The van der Waals surface area contributed by atoms with Crippen LogP contribution in [0.25, 0.3) is 0 Å². The van der Waals surface area contributed by atoms with Crippen LogP contribution in [0.4, 0.5) is 0 Å². The molecule has 1 aromatic rings. The Morgan fingerprint density at radius 1 is 1.06 bits per heavy atom. The number of hydrogen-bond donors (Lipinski definition) is 0. The number of hydrogen-bond acceptors (Lipinski definition) is 5. The highest BCUT2D eigenvalue weighted by Gasteiger charge is 2.85. The van der Waals surface area contributed by atoms with Gasteiger partial charge in [0.25, 0.3) is 5.60 Å². The molecule has 0 N–H and O–H groups in total. The van der Waals surface area contributed by atoms with Crippen molar-refractivity contribution in [3.8, 4) is 0 Å². The lowest BCUT2D eigenvalue weighted by Gasteiger charge is -2.32. The molecule has 1 aliphatic heterocycles. The van der Waals surface area contributed by atoms with Gasteiger partial charge in [0.05, 0.1) is 0 Å². The maximum Gasteiger partial charge on any atom is 0.350 e. The third-order valence-corrected chi connectivity index (χ3v) is 7.10. The van der Waals surface area contributed by atoms with Gasteiger partial charge in [-0.05, 0) is 52.4 Å². The van der Waals surface area contributed by atoms with Crippen LogP contribution in [0.3, 0.4) is 0 Å². The molecule has 1 heterocycles. The van der Waals surface area contributed by atoms with E-state index in [1.54, 1.807) is 24.3 Å². The first-order chi connectivity index (χ1) is 14.8. The molecule has 1 saturated carbocycles. The maximum absolute atomic E-state index is 13.6. The molecular weight excluding hydrogens is 392 g/mol. The topological polar surface area (TPSA) is 73.0 Å². The molecule has 1 saturated heterocycles. The molecular formula is C26H32O5. The zero-order chi connectivity index (χ0) is 22.3. The smallest absolute Gasteiger partial charge is 0.350 e. The molecule has 166 valence electrons. The average molecular weight is 425 g/mol. The van der Waals surface area contributed by atoms with Gasteiger partial charge in [0.15, 0.2) is 11.4 Å². The summed E-state index contributed by atoms with van der Waals surface area (Å²) in [6.07, 6.45) is 9.61. The Hall–Kier alpha value is -2.27. The fraction of sp³-hybridized carbons (Fsp3) is 0.577. The third kappa shape index (κ3) is 3.38. The molecule has 2 atom stereocenters. The van der Waals surface area contributed by atoms with E-state index in [2.05, 4.69) is 6.92 Å². The normalized spacial score (nSPS) is 28.0. The standard InChI is InChI=1S/C26H32O5/c1-4-5-8-14-24(15-9-10-16-24)30-23(29)26-22(28)20-12-7-6-11-19(20)21(27)25(26,31-26)17-13-18(2)3/h6-7,11-13H,4-5,8-10,14-17H2,1-3H3. The number of fused-ring (bicyclic) bond motifs is 2. The molecule has 1 aromatic carbocycles. The zero-order valence-electron chi connectivity index (χ0n) is 18.8. The van der Waals surface area contributed by atoms with Crippen molar-refractivity contribution < 1.29 is 23.9 Å². The van der Waals surface area contributed by atoms with Gasteiger partial charge in [-0.3, -0.25) is 9.59 Å². The van der Waals surface area contributed by atoms with Gasteiger partial charge in [-0.1, -0.05) is 55.7 Å². The van der Waals surface area contributed by atoms with Crippen LogP contribution in [0.15, 0.2) is 35.9 Å². The molecule has 2 fully saturated rings. The first-order valence-corrected chi connectivity index (χ1v) is 11.6. The number of rotatable bonds is 8. The number of ketones is 2. The van der Waals surface area contributed by atoms with Crippen LogP contribution in [-0.4, -0.2) is 34.3 Å². The number of epoxide rings is 1. The highest BCUT2D eigenvalue weighted by atomic mass is 16.7. The molecule has 0 spiro atoms. The van der Waals surface area contributed by atoms with Crippen LogP contribution < -0.4 is 0 Å². The lowest BCUT2D eigenvalue weighted by Crippen LogP contribution is -2.52. The van der Waals surface area contributed by atoms with E-state index in [0.29, 0.717) is 5.56 Å². The van der Waals surface area contributed by atoms with E-state index in [1.165, 1.54) is 0 Å². The Morgan fingerprint density at radius 2 is 1.71 bits per heavy atom. The molecule has 0 radical (unpaired) electrons. The van der Waals surface area contributed by atoms with Crippen LogP contribution in [-0.2, 0) is 14.3 Å². The quantitative estimate of drug-likeness (QED) is 0.184. The van der Waals surface area contributed by atoms with E-state index in [0.717, 1.165) is 56.9 Å². The minimum absolute atomic E-state index is 0.187. The van der Waals surface area contributed by atoms with Crippen molar-refractivity contribution in [3.63, 3.8) is 0 Å². The fourth-order valence-electron chi connectivity index (χ4n) is 5.27. The molecule has 0 aromatic heterocycles. The highest BCUT2D eigenvalue weighted by Crippen LogP contribution is 2.59. The SMILES string of the molecule is CCCCCC1(OC(=O)C23OC2(CC=C(C)C)C(=O)c2ccccc2C3=O)CCCC1. The molecule has 4 rings (SSSR count).